The van der Waals surface area contributed by atoms with Gasteiger partial charge in [0.05, 0.1) is 19.3 Å². The van der Waals surface area contributed by atoms with E-state index >= 15 is 0 Å². The Hall–Kier alpha value is -1.75. The van der Waals surface area contributed by atoms with Gasteiger partial charge in [-0.2, -0.15) is 0 Å². The molecular weight excluding hydrogens is 353 g/mol. The van der Waals surface area contributed by atoms with E-state index < -0.39 is 0 Å². The highest BCUT2D eigenvalue weighted by atomic mass is 19.1. The van der Waals surface area contributed by atoms with E-state index in [1.54, 1.807) is 0 Å². The zero-order chi connectivity index (χ0) is 19.4. The molecule has 0 radical (unpaired) electrons. The molecule has 3 nitrogen and oxygen atoms in total. The SMILES string of the molecule is Fc1ccc(C(CCCCc2ccccc2)OCCCN2CCOCC2)cc1. The number of halogens is 1. The third kappa shape index (κ3) is 7.34. The van der Waals surface area contributed by atoms with E-state index in [4.69, 9.17) is 9.47 Å². The topological polar surface area (TPSA) is 21.7 Å². The second kappa shape index (κ2) is 11.9. The number of morpholine rings is 1. The third-order valence-electron chi connectivity index (χ3n) is 5.31. The van der Waals surface area contributed by atoms with Crippen LogP contribution in [0.25, 0.3) is 0 Å². The largest absolute Gasteiger partial charge is 0.379 e. The van der Waals surface area contributed by atoms with Gasteiger partial charge >= 0.3 is 0 Å². The van der Waals surface area contributed by atoms with Crippen molar-refractivity contribution >= 4 is 0 Å². The van der Waals surface area contributed by atoms with E-state index in [0.29, 0.717) is 0 Å². The van der Waals surface area contributed by atoms with Crippen molar-refractivity contribution in [3.63, 3.8) is 0 Å². The van der Waals surface area contributed by atoms with Crippen LogP contribution in [-0.2, 0) is 15.9 Å². The molecule has 152 valence electrons. The average Bonchev–Trinajstić information content (AvgIpc) is 2.75. The summed E-state index contributed by atoms with van der Waals surface area (Å²) in [7, 11) is 0. The maximum atomic E-state index is 13.3. The lowest BCUT2D eigenvalue weighted by molar-refractivity contribution is 0.0175. The molecule has 0 N–H and O–H groups in total. The summed E-state index contributed by atoms with van der Waals surface area (Å²) < 4.78 is 24.9. The summed E-state index contributed by atoms with van der Waals surface area (Å²) in [4.78, 5) is 2.43. The van der Waals surface area contributed by atoms with Gasteiger partial charge in [0.25, 0.3) is 0 Å². The Labute approximate surface area is 168 Å². The predicted molar refractivity (Wildman–Crippen MR) is 111 cm³/mol. The van der Waals surface area contributed by atoms with E-state index in [9.17, 15) is 4.39 Å². The number of hydrogen-bond acceptors (Lipinski definition) is 3. The highest BCUT2D eigenvalue weighted by Crippen LogP contribution is 2.25. The van der Waals surface area contributed by atoms with E-state index in [-0.39, 0.29) is 11.9 Å². The zero-order valence-electron chi connectivity index (χ0n) is 16.7. The van der Waals surface area contributed by atoms with Crippen molar-refractivity contribution in [3.05, 3.63) is 71.5 Å². The van der Waals surface area contributed by atoms with Gasteiger partial charge in [0, 0.05) is 26.2 Å². The first-order valence-electron chi connectivity index (χ1n) is 10.5. The number of unbranched alkanes of at least 4 members (excludes halogenated alkanes) is 1. The number of benzene rings is 2. The van der Waals surface area contributed by atoms with Crippen LogP contribution in [0.2, 0.25) is 0 Å². The number of rotatable bonds is 11. The maximum Gasteiger partial charge on any atom is 0.123 e. The molecule has 1 aliphatic heterocycles. The van der Waals surface area contributed by atoms with E-state index in [2.05, 4.69) is 35.2 Å². The van der Waals surface area contributed by atoms with Gasteiger partial charge in [-0.05, 0) is 48.9 Å². The molecule has 0 spiro atoms. The summed E-state index contributed by atoms with van der Waals surface area (Å²) in [5.74, 6) is -0.195. The number of nitrogens with zero attached hydrogens (tertiary/aromatic N) is 1. The number of aryl methyl sites for hydroxylation is 1. The highest BCUT2D eigenvalue weighted by Gasteiger charge is 2.14. The lowest BCUT2D eigenvalue weighted by atomic mass is 10.0. The first-order chi connectivity index (χ1) is 13.8. The minimum atomic E-state index is -0.195. The Morgan fingerprint density at radius 1 is 0.929 bits per heavy atom. The molecule has 2 aromatic carbocycles. The van der Waals surface area contributed by atoms with Crippen LogP contribution in [-0.4, -0.2) is 44.4 Å². The van der Waals surface area contributed by atoms with Crippen LogP contribution in [0.15, 0.2) is 54.6 Å². The van der Waals surface area contributed by atoms with Gasteiger partial charge in [0.15, 0.2) is 0 Å². The zero-order valence-corrected chi connectivity index (χ0v) is 16.7. The van der Waals surface area contributed by atoms with Crippen LogP contribution in [0, 0.1) is 5.82 Å². The van der Waals surface area contributed by atoms with E-state index in [1.165, 1.54) is 17.7 Å². The molecule has 0 bridgehead atoms. The summed E-state index contributed by atoms with van der Waals surface area (Å²) in [6.07, 6.45) is 5.35. The molecule has 0 aliphatic carbocycles. The van der Waals surface area contributed by atoms with Crippen molar-refractivity contribution < 1.29 is 13.9 Å². The molecule has 1 saturated heterocycles. The molecule has 0 saturated carbocycles. The van der Waals surface area contributed by atoms with E-state index in [0.717, 1.165) is 77.1 Å². The summed E-state index contributed by atoms with van der Waals surface area (Å²) in [5.41, 5.74) is 2.46. The Morgan fingerprint density at radius 3 is 2.43 bits per heavy atom. The van der Waals surface area contributed by atoms with Crippen LogP contribution < -0.4 is 0 Å². The van der Waals surface area contributed by atoms with Crippen LogP contribution in [0.3, 0.4) is 0 Å². The van der Waals surface area contributed by atoms with Crippen molar-refractivity contribution in [2.75, 3.05) is 39.5 Å². The van der Waals surface area contributed by atoms with Crippen LogP contribution in [0.1, 0.15) is 42.9 Å². The summed E-state index contributed by atoms with van der Waals surface area (Å²) in [6, 6.07) is 17.4. The molecule has 0 amide bonds. The van der Waals surface area contributed by atoms with Gasteiger partial charge in [0.2, 0.25) is 0 Å². The fraction of sp³-hybridized carbons (Fsp3) is 0.500. The molecule has 1 atom stereocenters. The molecule has 1 fully saturated rings. The summed E-state index contributed by atoms with van der Waals surface area (Å²) >= 11 is 0. The Morgan fingerprint density at radius 2 is 1.68 bits per heavy atom. The third-order valence-corrected chi connectivity index (χ3v) is 5.31. The molecular formula is C24H32FNO2. The smallest absolute Gasteiger partial charge is 0.123 e. The van der Waals surface area contributed by atoms with Crippen LogP contribution in [0.4, 0.5) is 4.39 Å². The number of ether oxygens (including phenoxy) is 2. The van der Waals surface area contributed by atoms with Gasteiger partial charge in [-0.1, -0.05) is 48.9 Å². The molecule has 1 unspecified atom stereocenters. The Balaban J connectivity index is 1.43. The van der Waals surface area contributed by atoms with Crippen molar-refractivity contribution in [3.8, 4) is 0 Å². The fourth-order valence-corrected chi connectivity index (χ4v) is 3.67. The lowest BCUT2D eigenvalue weighted by Crippen LogP contribution is -2.37. The first-order valence-corrected chi connectivity index (χ1v) is 10.5. The molecule has 4 heteroatoms. The highest BCUT2D eigenvalue weighted by molar-refractivity contribution is 5.19. The Bertz CT molecular complexity index is 656. The minimum Gasteiger partial charge on any atom is -0.379 e. The van der Waals surface area contributed by atoms with Gasteiger partial charge in [-0.3, -0.25) is 4.90 Å². The first kappa shape index (κ1) is 21.0. The Kier molecular flexibility index (Phi) is 8.95. The molecule has 1 heterocycles. The van der Waals surface area contributed by atoms with E-state index in [1.807, 2.05) is 12.1 Å². The summed E-state index contributed by atoms with van der Waals surface area (Å²) in [5, 5.41) is 0. The predicted octanol–water partition coefficient (Wildman–Crippen LogP) is 5.02. The normalized spacial score (nSPS) is 16.2. The van der Waals surface area contributed by atoms with Crippen LogP contribution in [0.5, 0.6) is 0 Å². The standard InChI is InChI=1S/C24H32FNO2/c25-23-13-11-22(12-14-23)24(10-5-4-9-21-7-2-1-3-8-21)28-18-6-15-26-16-19-27-20-17-26/h1-3,7-8,11-14,24H,4-6,9-10,15-20H2. The molecule has 0 aromatic heterocycles. The molecule has 1 aliphatic rings. The number of hydrogen-bond donors (Lipinski definition) is 0. The minimum absolute atomic E-state index is 0.0427. The van der Waals surface area contributed by atoms with Crippen molar-refractivity contribution in [2.45, 2.75) is 38.2 Å². The fourth-order valence-electron chi connectivity index (χ4n) is 3.67. The quantitative estimate of drug-likeness (QED) is 0.507. The van der Waals surface area contributed by atoms with Gasteiger partial charge in [-0.15, -0.1) is 0 Å². The van der Waals surface area contributed by atoms with Crippen molar-refractivity contribution in [1.29, 1.82) is 0 Å². The van der Waals surface area contributed by atoms with Gasteiger partial charge in [-0.25, -0.2) is 4.39 Å². The lowest BCUT2D eigenvalue weighted by Gasteiger charge is -2.27. The van der Waals surface area contributed by atoms with Crippen LogP contribution >= 0.6 is 0 Å². The molecule has 2 aromatic rings. The average molecular weight is 386 g/mol. The van der Waals surface area contributed by atoms with Crippen molar-refractivity contribution in [2.24, 2.45) is 0 Å². The second-order valence-corrected chi connectivity index (χ2v) is 7.45. The van der Waals surface area contributed by atoms with Gasteiger partial charge in [0.1, 0.15) is 5.82 Å². The second-order valence-electron chi connectivity index (χ2n) is 7.45. The van der Waals surface area contributed by atoms with Crippen molar-refractivity contribution in [1.82, 2.24) is 4.90 Å². The maximum absolute atomic E-state index is 13.3. The molecule has 3 rings (SSSR count). The summed E-state index contributed by atoms with van der Waals surface area (Å²) in [6.45, 7) is 5.48. The molecule has 28 heavy (non-hydrogen) atoms. The van der Waals surface area contributed by atoms with Gasteiger partial charge < -0.3 is 9.47 Å². The monoisotopic (exact) mass is 385 g/mol.